The zero-order valence-electron chi connectivity index (χ0n) is 10.5. The molecule has 2 aromatic rings. The van der Waals surface area contributed by atoms with Crippen LogP contribution >= 0.6 is 0 Å². The third-order valence-electron chi connectivity index (χ3n) is 2.70. The van der Waals surface area contributed by atoms with E-state index in [0.29, 0.717) is 11.1 Å². The first-order chi connectivity index (χ1) is 9.20. The fourth-order valence-corrected chi connectivity index (χ4v) is 1.54. The summed E-state index contributed by atoms with van der Waals surface area (Å²) in [6.07, 6.45) is 3.61. The predicted molar refractivity (Wildman–Crippen MR) is 69.5 cm³/mol. The summed E-state index contributed by atoms with van der Waals surface area (Å²) in [5.74, 6) is -0.785. The van der Waals surface area contributed by atoms with Gasteiger partial charge in [0.25, 0.3) is 11.8 Å². The summed E-state index contributed by atoms with van der Waals surface area (Å²) in [5, 5.41) is 0. The van der Waals surface area contributed by atoms with Crippen molar-refractivity contribution in [3.63, 3.8) is 0 Å². The Morgan fingerprint density at radius 1 is 1.00 bits per heavy atom. The lowest BCUT2D eigenvalue weighted by Gasteiger charge is -2.06. The van der Waals surface area contributed by atoms with Crippen LogP contribution < -0.4 is 10.9 Å². The molecule has 1 aromatic carbocycles. The lowest BCUT2D eigenvalue weighted by molar-refractivity contribution is 0.0846. The van der Waals surface area contributed by atoms with Gasteiger partial charge < -0.3 is 4.42 Å². The Kier molecular flexibility index (Phi) is 3.97. The highest BCUT2D eigenvalue weighted by Crippen LogP contribution is 2.04. The van der Waals surface area contributed by atoms with Crippen molar-refractivity contribution in [3.05, 3.63) is 59.5 Å². The van der Waals surface area contributed by atoms with Crippen LogP contribution in [0.25, 0.3) is 0 Å². The van der Waals surface area contributed by atoms with E-state index in [2.05, 4.69) is 10.9 Å². The van der Waals surface area contributed by atoms with Gasteiger partial charge in [0.2, 0.25) is 0 Å². The third-order valence-corrected chi connectivity index (χ3v) is 2.70. The van der Waals surface area contributed by atoms with Gasteiger partial charge in [-0.1, -0.05) is 19.1 Å². The summed E-state index contributed by atoms with van der Waals surface area (Å²) in [6, 6.07) is 8.72. The molecular weight excluding hydrogens is 244 g/mol. The van der Waals surface area contributed by atoms with Gasteiger partial charge in [0.05, 0.1) is 11.8 Å². The first-order valence-electron chi connectivity index (χ1n) is 5.92. The number of hydrogen-bond donors (Lipinski definition) is 2. The normalized spacial score (nSPS) is 9.95. The average Bonchev–Trinajstić information content (AvgIpc) is 2.98. The van der Waals surface area contributed by atoms with Gasteiger partial charge in [0, 0.05) is 5.56 Å². The highest BCUT2D eigenvalue weighted by molar-refractivity contribution is 5.98. The molecule has 0 bridgehead atoms. The highest BCUT2D eigenvalue weighted by Gasteiger charge is 2.09. The zero-order valence-corrected chi connectivity index (χ0v) is 10.5. The predicted octanol–water partition coefficient (Wildman–Crippen LogP) is 1.92. The van der Waals surface area contributed by atoms with Crippen LogP contribution in [-0.4, -0.2) is 11.8 Å². The highest BCUT2D eigenvalue weighted by atomic mass is 16.3. The van der Waals surface area contributed by atoms with Gasteiger partial charge >= 0.3 is 0 Å². The molecule has 0 aliphatic carbocycles. The number of benzene rings is 1. The first-order valence-corrected chi connectivity index (χ1v) is 5.92. The second-order valence-corrected chi connectivity index (χ2v) is 3.97. The van der Waals surface area contributed by atoms with Gasteiger partial charge in [-0.2, -0.15) is 0 Å². The number of aryl methyl sites for hydroxylation is 1. The van der Waals surface area contributed by atoms with Gasteiger partial charge in [-0.3, -0.25) is 20.4 Å². The summed E-state index contributed by atoms with van der Waals surface area (Å²) in [4.78, 5) is 23.3. The van der Waals surface area contributed by atoms with Crippen LogP contribution in [0.1, 0.15) is 33.2 Å². The quantitative estimate of drug-likeness (QED) is 0.826. The molecule has 2 rings (SSSR count). The number of carbonyl (C=O) groups is 2. The number of hydrazine groups is 1. The number of hydrogen-bond acceptors (Lipinski definition) is 3. The van der Waals surface area contributed by atoms with Crippen LogP contribution in [0.4, 0.5) is 0 Å². The summed E-state index contributed by atoms with van der Waals surface area (Å²) < 4.78 is 4.78. The van der Waals surface area contributed by atoms with Crippen molar-refractivity contribution in [1.29, 1.82) is 0 Å². The molecule has 2 N–H and O–H groups in total. The standard InChI is InChI=1S/C14H14N2O3/c1-2-10-3-5-11(6-4-10)13(17)15-16-14(18)12-7-8-19-9-12/h3-9H,2H2,1H3,(H,15,17)(H,16,18). The summed E-state index contributed by atoms with van der Waals surface area (Å²) >= 11 is 0. The lowest BCUT2D eigenvalue weighted by atomic mass is 10.1. The fourth-order valence-electron chi connectivity index (χ4n) is 1.54. The summed E-state index contributed by atoms with van der Waals surface area (Å²) in [5.41, 5.74) is 6.65. The molecule has 0 atom stereocenters. The van der Waals surface area contributed by atoms with Gasteiger partial charge in [-0.05, 0) is 30.2 Å². The van der Waals surface area contributed by atoms with E-state index in [1.807, 2.05) is 19.1 Å². The van der Waals surface area contributed by atoms with Crippen molar-refractivity contribution in [3.8, 4) is 0 Å². The second kappa shape index (κ2) is 5.86. The third kappa shape index (κ3) is 3.22. The SMILES string of the molecule is CCc1ccc(C(=O)NNC(=O)c2ccoc2)cc1. The Morgan fingerprint density at radius 2 is 1.63 bits per heavy atom. The Hall–Kier alpha value is -2.56. The molecule has 0 saturated heterocycles. The van der Waals surface area contributed by atoms with Crippen molar-refractivity contribution in [2.45, 2.75) is 13.3 Å². The topological polar surface area (TPSA) is 71.3 Å². The molecule has 1 heterocycles. The van der Waals surface area contributed by atoms with Gasteiger partial charge in [0.15, 0.2) is 0 Å². The van der Waals surface area contributed by atoms with Crippen LogP contribution in [0.2, 0.25) is 0 Å². The monoisotopic (exact) mass is 258 g/mol. The maximum Gasteiger partial charge on any atom is 0.272 e. The first kappa shape index (κ1) is 12.9. The fraction of sp³-hybridized carbons (Fsp3) is 0.143. The van der Waals surface area contributed by atoms with Crippen molar-refractivity contribution < 1.29 is 14.0 Å². The Morgan fingerprint density at radius 3 is 2.16 bits per heavy atom. The molecule has 5 heteroatoms. The van der Waals surface area contributed by atoms with Crippen LogP contribution in [0.5, 0.6) is 0 Å². The number of furan rings is 1. The molecule has 0 saturated carbocycles. The van der Waals surface area contributed by atoms with Crippen molar-refractivity contribution in [2.24, 2.45) is 0 Å². The van der Waals surface area contributed by atoms with Crippen molar-refractivity contribution >= 4 is 11.8 Å². The minimum Gasteiger partial charge on any atom is -0.472 e. The maximum absolute atomic E-state index is 11.8. The van der Waals surface area contributed by atoms with Crippen molar-refractivity contribution in [2.75, 3.05) is 0 Å². The van der Waals surface area contributed by atoms with Crippen LogP contribution in [0, 0.1) is 0 Å². The number of rotatable bonds is 3. The molecule has 0 radical (unpaired) electrons. The Labute approximate surface area is 110 Å². The molecule has 0 unspecified atom stereocenters. The van der Waals surface area contributed by atoms with E-state index in [4.69, 9.17) is 4.42 Å². The van der Waals surface area contributed by atoms with Crippen molar-refractivity contribution in [1.82, 2.24) is 10.9 Å². The molecule has 19 heavy (non-hydrogen) atoms. The molecule has 0 fully saturated rings. The van der Waals surface area contributed by atoms with Crippen LogP contribution in [-0.2, 0) is 6.42 Å². The van der Waals surface area contributed by atoms with E-state index in [1.165, 1.54) is 18.6 Å². The average molecular weight is 258 g/mol. The zero-order chi connectivity index (χ0) is 13.7. The molecule has 0 spiro atoms. The molecular formula is C14H14N2O3. The molecule has 0 aliphatic heterocycles. The van der Waals surface area contributed by atoms with E-state index in [1.54, 1.807) is 12.1 Å². The summed E-state index contributed by atoms with van der Waals surface area (Å²) in [6.45, 7) is 2.04. The van der Waals surface area contributed by atoms with Gasteiger partial charge in [0.1, 0.15) is 6.26 Å². The number of carbonyl (C=O) groups excluding carboxylic acids is 2. The minimum absolute atomic E-state index is 0.349. The maximum atomic E-state index is 11.8. The van der Waals surface area contributed by atoms with E-state index >= 15 is 0 Å². The number of nitrogens with one attached hydrogen (secondary N) is 2. The summed E-state index contributed by atoms with van der Waals surface area (Å²) in [7, 11) is 0. The van der Waals surface area contributed by atoms with E-state index < -0.39 is 5.91 Å². The lowest BCUT2D eigenvalue weighted by Crippen LogP contribution is -2.41. The van der Waals surface area contributed by atoms with Gasteiger partial charge in [-0.15, -0.1) is 0 Å². The second-order valence-electron chi connectivity index (χ2n) is 3.97. The molecule has 0 aliphatic rings. The van der Waals surface area contributed by atoms with E-state index in [0.717, 1.165) is 12.0 Å². The molecule has 1 aromatic heterocycles. The van der Waals surface area contributed by atoms with Gasteiger partial charge in [-0.25, -0.2) is 0 Å². The largest absolute Gasteiger partial charge is 0.472 e. The van der Waals surface area contributed by atoms with E-state index in [-0.39, 0.29) is 5.91 Å². The van der Waals surface area contributed by atoms with Crippen LogP contribution in [0.3, 0.4) is 0 Å². The Bertz CT molecular complexity index is 559. The minimum atomic E-state index is -0.424. The number of amides is 2. The van der Waals surface area contributed by atoms with E-state index in [9.17, 15) is 9.59 Å². The Balaban J connectivity index is 1.92. The smallest absolute Gasteiger partial charge is 0.272 e. The molecule has 2 amide bonds. The molecule has 98 valence electrons. The van der Waals surface area contributed by atoms with Crippen LogP contribution in [0.15, 0.2) is 47.3 Å². The molecule has 5 nitrogen and oxygen atoms in total.